The largest absolute Gasteiger partial charge is 0.192 e. The van der Waals surface area contributed by atoms with Gasteiger partial charge in [0.05, 0.1) is 5.56 Å². The number of hydrogen-bond acceptors (Lipinski definition) is 3. The van der Waals surface area contributed by atoms with E-state index in [1.165, 1.54) is 17.7 Å². The number of rotatable bonds is 1. The summed E-state index contributed by atoms with van der Waals surface area (Å²) in [5, 5.41) is 18.7. The Morgan fingerprint density at radius 1 is 1.27 bits per heavy atom. The van der Waals surface area contributed by atoms with Crippen molar-refractivity contribution >= 4 is 18.3 Å². The Kier molecular flexibility index (Phi) is 2.79. The van der Waals surface area contributed by atoms with Gasteiger partial charge in [-0.25, -0.2) is 0 Å². The van der Waals surface area contributed by atoms with Crippen LogP contribution in [0.2, 0.25) is 0 Å². The van der Waals surface area contributed by atoms with E-state index in [4.69, 9.17) is 10.5 Å². The van der Waals surface area contributed by atoms with E-state index in [1.54, 1.807) is 10.9 Å². The van der Waals surface area contributed by atoms with Crippen LogP contribution in [0.25, 0.3) is 0 Å². The number of nitriles is 2. The fourth-order valence-corrected chi connectivity index (χ4v) is 5.36. The lowest BCUT2D eigenvalue weighted by atomic mass is 9.85. The lowest BCUT2D eigenvalue weighted by Gasteiger charge is -2.21. The maximum absolute atomic E-state index is 9.12. The molecule has 0 saturated heterocycles. The van der Waals surface area contributed by atoms with E-state index < -0.39 is 0 Å². The Morgan fingerprint density at radius 3 is 2.47 bits per heavy atom. The summed E-state index contributed by atoms with van der Waals surface area (Å²) in [5.41, 5.74) is 0.829. The van der Waals surface area contributed by atoms with Gasteiger partial charge in [-0.3, -0.25) is 0 Å². The van der Waals surface area contributed by atoms with Crippen molar-refractivity contribution in [1.82, 2.24) is 0 Å². The summed E-state index contributed by atoms with van der Waals surface area (Å²) in [7, 11) is 2.62. The highest BCUT2D eigenvalue weighted by Gasteiger charge is 2.35. The Hall–Kier alpha value is -0.890. The van der Waals surface area contributed by atoms with E-state index in [9.17, 15) is 0 Å². The van der Waals surface area contributed by atoms with E-state index in [0.29, 0.717) is 10.9 Å². The van der Waals surface area contributed by atoms with Crippen LogP contribution in [0.1, 0.15) is 48.3 Å². The molecule has 0 N–H and O–H groups in total. The van der Waals surface area contributed by atoms with Crippen molar-refractivity contribution < 1.29 is 0 Å². The van der Waals surface area contributed by atoms with E-state index in [-0.39, 0.29) is 5.41 Å². The van der Waals surface area contributed by atoms with Gasteiger partial charge in [0.15, 0.2) is 0 Å². The average Bonchev–Trinajstić information content (AvgIpc) is 2.83. The van der Waals surface area contributed by atoms with Crippen LogP contribution in [-0.2, 0) is 5.41 Å². The molecule has 1 aromatic heterocycles. The van der Waals surface area contributed by atoms with Crippen molar-refractivity contribution in [2.75, 3.05) is 0 Å². The molecule has 0 unspecified atom stereocenters. The number of hydrogen-bond donors (Lipinski definition) is 0. The molecule has 0 bridgehead atoms. The lowest BCUT2D eigenvalue weighted by molar-refractivity contribution is 0.501. The fourth-order valence-electron chi connectivity index (χ4n) is 2.26. The molecule has 76 valence electrons. The average molecular weight is 234 g/mol. The van der Waals surface area contributed by atoms with Gasteiger partial charge in [0.1, 0.15) is 17.4 Å². The third-order valence-electron chi connectivity index (χ3n) is 3.17. The predicted octanol–water partition coefficient (Wildman–Crippen LogP) is 3.90. The first-order chi connectivity index (χ1) is 7.21. The summed E-state index contributed by atoms with van der Waals surface area (Å²) in [6, 6.07) is 4.35. The van der Waals surface area contributed by atoms with Gasteiger partial charge in [-0.05, 0) is 12.8 Å². The monoisotopic (exact) mass is 234 g/mol. The van der Waals surface area contributed by atoms with Crippen LogP contribution < -0.4 is 0 Å². The first kappa shape index (κ1) is 10.6. The quantitative estimate of drug-likeness (QED) is 0.739. The second-order valence-corrected chi connectivity index (χ2v) is 6.54. The minimum atomic E-state index is 0.168. The second-order valence-electron chi connectivity index (χ2n) is 4.23. The standard InChI is InChI=1S/C11H11N2PS/c1-11(4-2-3-5-11)10-8(6-12)9(7-13)14-15-10/h2-5H2,1H3. The Bertz CT molecular complexity index is 458. The SMILES string of the molecule is CC1(c2spc(C#N)c2C#N)CCCC1. The zero-order valence-corrected chi connectivity index (χ0v) is 10.3. The molecule has 1 saturated carbocycles. The molecule has 1 fully saturated rings. The van der Waals surface area contributed by atoms with Crippen LogP contribution in [-0.4, -0.2) is 0 Å². The van der Waals surface area contributed by atoms with Crippen molar-refractivity contribution in [3.05, 3.63) is 15.7 Å². The molecule has 0 spiro atoms. The van der Waals surface area contributed by atoms with Crippen molar-refractivity contribution in [2.24, 2.45) is 0 Å². The molecule has 1 aliphatic rings. The smallest absolute Gasteiger partial charge is 0.108 e. The van der Waals surface area contributed by atoms with E-state index in [0.717, 1.165) is 20.2 Å². The third kappa shape index (κ3) is 1.67. The summed E-state index contributed by atoms with van der Waals surface area (Å²) in [6.07, 6.45) is 4.82. The minimum absolute atomic E-state index is 0.168. The summed E-state index contributed by atoms with van der Waals surface area (Å²) in [4.78, 5) is 1.17. The normalized spacial score (nSPS) is 18.9. The molecule has 0 atom stereocenters. The fraction of sp³-hybridized carbons (Fsp3) is 0.545. The molecule has 1 aliphatic carbocycles. The molecular formula is C11H11N2PS. The van der Waals surface area contributed by atoms with Crippen molar-refractivity contribution in [2.45, 2.75) is 38.0 Å². The molecule has 2 rings (SSSR count). The lowest BCUT2D eigenvalue weighted by Crippen LogP contribution is -2.16. The van der Waals surface area contributed by atoms with Crippen molar-refractivity contribution in [3.63, 3.8) is 0 Å². The molecule has 15 heavy (non-hydrogen) atoms. The molecule has 0 aliphatic heterocycles. The van der Waals surface area contributed by atoms with E-state index in [2.05, 4.69) is 19.1 Å². The van der Waals surface area contributed by atoms with Gasteiger partial charge in [-0.1, -0.05) is 19.8 Å². The zero-order chi connectivity index (χ0) is 10.9. The summed E-state index contributed by atoms with van der Waals surface area (Å²) in [6.45, 7) is 2.23. The zero-order valence-electron chi connectivity index (χ0n) is 8.58. The van der Waals surface area contributed by atoms with Gasteiger partial charge in [0, 0.05) is 17.7 Å². The van der Waals surface area contributed by atoms with Crippen LogP contribution in [0.5, 0.6) is 0 Å². The molecule has 0 aromatic carbocycles. The highest BCUT2D eigenvalue weighted by Crippen LogP contribution is 2.47. The molecular weight excluding hydrogens is 223 g/mol. The van der Waals surface area contributed by atoms with Crippen LogP contribution in [0, 0.1) is 22.7 Å². The molecule has 1 aromatic rings. The van der Waals surface area contributed by atoms with Gasteiger partial charge < -0.3 is 0 Å². The molecule has 2 nitrogen and oxygen atoms in total. The number of nitrogens with zero attached hydrogens (tertiary/aromatic N) is 2. The van der Waals surface area contributed by atoms with Crippen LogP contribution in [0.15, 0.2) is 0 Å². The van der Waals surface area contributed by atoms with Gasteiger partial charge in [0.25, 0.3) is 0 Å². The summed E-state index contributed by atoms with van der Waals surface area (Å²) >= 11 is 0. The highest BCUT2D eigenvalue weighted by molar-refractivity contribution is 7.81. The maximum atomic E-state index is 9.12. The van der Waals surface area contributed by atoms with Gasteiger partial charge in [-0.2, -0.15) is 10.5 Å². The Balaban J connectivity index is 2.50. The van der Waals surface area contributed by atoms with Crippen LogP contribution >= 0.6 is 18.3 Å². The minimum Gasteiger partial charge on any atom is -0.192 e. The topological polar surface area (TPSA) is 47.6 Å². The van der Waals surface area contributed by atoms with E-state index >= 15 is 0 Å². The highest BCUT2D eigenvalue weighted by atomic mass is 32.5. The van der Waals surface area contributed by atoms with Crippen molar-refractivity contribution in [3.8, 4) is 12.1 Å². The van der Waals surface area contributed by atoms with Gasteiger partial charge in [0.2, 0.25) is 0 Å². The first-order valence-corrected chi connectivity index (χ1v) is 7.33. The second kappa shape index (κ2) is 3.93. The molecule has 1 heterocycles. The van der Waals surface area contributed by atoms with Gasteiger partial charge >= 0.3 is 0 Å². The molecule has 0 amide bonds. The van der Waals surface area contributed by atoms with Crippen LogP contribution in [0.3, 0.4) is 0 Å². The van der Waals surface area contributed by atoms with Gasteiger partial charge in [-0.15, -0.1) is 10.9 Å². The predicted molar refractivity (Wildman–Crippen MR) is 62.1 cm³/mol. The van der Waals surface area contributed by atoms with Crippen LogP contribution in [0.4, 0.5) is 0 Å². The van der Waals surface area contributed by atoms with Crippen molar-refractivity contribution in [1.29, 1.82) is 10.5 Å². The maximum Gasteiger partial charge on any atom is 0.108 e. The Labute approximate surface area is 95.0 Å². The Morgan fingerprint density at radius 2 is 1.93 bits per heavy atom. The third-order valence-corrected chi connectivity index (χ3v) is 6.01. The summed E-state index contributed by atoms with van der Waals surface area (Å²) < 4.78 is 0. The molecule has 4 heteroatoms. The molecule has 0 radical (unpaired) electrons. The van der Waals surface area contributed by atoms with E-state index in [1.807, 2.05) is 0 Å². The first-order valence-electron chi connectivity index (χ1n) is 5.01. The summed E-state index contributed by atoms with van der Waals surface area (Å²) in [5.74, 6) is 0.